The summed E-state index contributed by atoms with van der Waals surface area (Å²) in [6.45, 7) is 0. The van der Waals surface area contributed by atoms with Crippen molar-refractivity contribution in [3.05, 3.63) is 224 Å². The molecule has 0 atom stereocenters. The van der Waals surface area contributed by atoms with Crippen LogP contribution < -0.4 is 0 Å². The lowest BCUT2D eigenvalue weighted by atomic mass is 9.88. The van der Waals surface area contributed by atoms with Crippen LogP contribution in [0.1, 0.15) is 0 Å². The number of fused-ring (bicyclic) bond motifs is 3. The van der Waals surface area contributed by atoms with Gasteiger partial charge in [-0.25, -0.2) is 15.0 Å². The summed E-state index contributed by atoms with van der Waals surface area (Å²) in [6, 6.07) is 78.2. The van der Waals surface area contributed by atoms with Gasteiger partial charge in [0.15, 0.2) is 17.5 Å². The Morgan fingerprint density at radius 1 is 0.246 bits per heavy atom. The molecule has 0 aliphatic carbocycles. The Morgan fingerprint density at radius 3 is 1.31 bits per heavy atom. The second kappa shape index (κ2) is 15.5. The average Bonchev–Trinajstić information content (AvgIpc) is 3.73. The van der Waals surface area contributed by atoms with E-state index >= 15 is 0 Å². The van der Waals surface area contributed by atoms with Gasteiger partial charge in [0.1, 0.15) is 11.2 Å². The van der Waals surface area contributed by atoms with Crippen LogP contribution in [0.3, 0.4) is 0 Å². The number of benzene rings is 9. The molecule has 0 aliphatic rings. The van der Waals surface area contributed by atoms with Gasteiger partial charge in [-0.1, -0.05) is 200 Å². The summed E-state index contributed by atoms with van der Waals surface area (Å²) >= 11 is 0. The molecule has 0 saturated heterocycles. The molecule has 11 aromatic rings. The van der Waals surface area contributed by atoms with Crippen molar-refractivity contribution >= 4 is 21.9 Å². The fourth-order valence-corrected chi connectivity index (χ4v) is 8.35. The molecular weight excluding hydrogens is 743 g/mol. The molecule has 0 bridgehead atoms. The van der Waals surface area contributed by atoms with E-state index in [0.717, 1.165) is 94.3 Å². The van der Waals surface area contributed by atoms with Crippen molar-refractivity contribution in [2.45, 2.75) is 0 Å². The molecule has 4 heteroatoms. The minimum absolute atomic E-state index is 0.584. The van der Waals surface area contributed by atoms with E-state index in [1.165, 1.54) is 0 Å². The SMILES string of the molecule is c1ccc(-c2ccc(-c3ccccc3)c(-c3ccc(-c4ccc5c(c4)oc4c(-c6ccccc6)cccc45)c(-c4nc(-c5ccccc5)nc(-c5ccccc5)n4)c3)c2)cc1. The number of aromatic nitrogens is 3. The zero-order valence-corrected chi connectivity index (χ0v) is 33.1. The Kier molecular flexibility index (Phi) is 9.14. The first kappa shape index (κ1) is 35.9. The molecule has 2 heterocycles. The van der Waals surface area contributed by atoms with Gasteiger partial charge in [-0.15, -0.1) is 0 Å². The smallest absolute Gasteiger partial charge is 0.164 e. The predicted molar refractivity (Wildman–Crippen MR) is 251 cm³/mol. The summed E-state index contributed by atoms with van der Waals surface area (Å²) in [6.07, 6.45) is 0. The predicted octanol–water partition coefficient (Wildman–Crippen LogP) is 15.1. The highest BCUT2D eigenvalue weighted by molar-refractivity contribution is 6.10. The van der Waals surface area contributed by atoms with E-state index in [1.807, 2.05) is 66.7 Å². The van der Waals surface area contributed by atoms with Gasteiger partial charge in [0.2, 0.25) is 0 Å². The van der Waals surface area contributed by atoms with Crippen LogP contribution >= 0.6 is 0 Å². The van der Waals surface area contributed by atoms with Crippen molar-refractivity contribution in [1.82, 2.24) is 15.0 Å². The molecule has 11 rings (SSSR count). The van der Waals surface area contributed by atoms with E-state index in [0.29, 0.717) is 17.5 Å². The molecule has 0 spiro atoms. The fourth-order valence-electron chi connectivity index (χ4n) is 8.35. The van der Waals surface area contributed by atoms with Crippen LogP contribution in [0, 0.1) is 0 Å². The Bertz CT molecular complexity index is 3270. The standard InChI is InChI=1S/C57H37N3O/c1-6-17-38(18-7-1)43-29-32-46(39-19-8-2-9-20-39)51(35-43)44-30-33-47(45-31-34-49-50-28-16-27-48(40-21-10-3-11-22-40)54(50)61-53(49)37-45)52(36-44)57-59-55(41-23-12-4-13-24-41)58-56(60-57)42-25-14-5-15-26-42/h1-37H. The largest absolute Gasteiger partial charge is 0.455 e. The second-order valence-electron chi connectivity index (χ2n) is 15.2. The molecule has 0 N–H and O–H groups in total. The van der Waals surface area contributed by atoms with E-state index in [9.17, 15) is 0 Å². The molecule has 0 radical (unpaired) electrons. The molecule has 61 heavy (non-hydrogen) atoms. The van der Waals surface area contributed by atoms with Crippen molar-refractivity contribution in [2.24, 2.45) is 0 Å². The third-order valence-electron chi connectivity index (χ3n) is 11.4. The molecule has 0 amide bonds. The zero-order valence-electron chi connectivity index (χ0n) is 33.1. The first-order valence-corrected chi connectivity index (χ1v) is 20.5. The molecule has 286 valence electrons. The molecular formula is C57H37N3O. The highest BCUT2D eigenvalue weighted by Crippen LogP contribution is 2.43. The number of hydrogen-bond acceptors (Lipinski definition) is 4. The van der Waals surface area contributed by atoms with E-state index in [2.05, 4.69) is 158 Å². The van der Waals surface area contributed by atoms with Crippen molar-refractivity contribution in [3.8, 4) is 89.8 Å². The van der Waals surface area contributed by atoms with Gasteiger partial charge in [-0.3, -0.25) is 0 Å². The van der Waals surface area contributed by atoms with Crippen molar-refractivity contribution in [3.63, 3.8) is 0 Å². The number of furan rings is 1. The molecule has 4 nitrogen and oxygen atoms in total. The quantitative estimate of drug-likeness (QED) is 0.154. The van der Waals surface area contributed by atoms with Crippen LogP contribution in [0.4, 0.5) is 0 Å². The van der Waals surface area contributed by atoms with Gasteiger partial charge in [0.25, 0.3) is 0 Å². The molecule has 0 saturated carbocycles. The van der Waals surface area contributed by atoms with E-state index in [-0.39, 0.29) is 0 Å². The van der Waals surface area contributed by atoms with E-state index in [1.54, 1.807) is 0 Å². The molecule has 0 fully saturated rings. The van der Waals surface area contributed by atoms with Gasteiger partial charge in [-0.05, 0) is 74.3 Å². The van der Waals surface area contributed by atoms with Gasteiger partial charge >= 0.3 is 0 Å². The number of para-hydroxylation sites is 1. The Hall–Kier alpha value is -8.21. The van der Waals surface area contributed by atoms with Gasteiger partial charge in [0.05, 0.1) is 0 Å². The minimum atomic E-state index is 0.584. The second-order valence-corrected chi connectivity index (χ2v) is 15.2. The third kappa shape index (κ3) is 6.86. The summed E-state index contributed by atoms with van der Waals surface area (Å²) < 4.78 is 6.77. The Labute approximate surface area is 354 Å². The summed E-state index contributed by atoms with van der Waals surface area (Å²) in [7, 11) is 0. The van der Waals surface area contributed by atoms with Crippen LogP contribution in [0.15, 0.2) is 229 Å². The highest BCUT2D eigenvalue weighted by Gasteiger charge is 2.20. The topological polar surface area (TPSA) is 51.8 Å². The minimum Gasteiger partial charge on any atom is -0.455 e. The Morgan fingerprint density at radius 2 is 0.705 bits per heavy atom. The maximum absolute atomic E-state index is 6.77. The zero-order chi connectivity index (χ0) is 40.5. The summed E-state index contributed by atoms with van der Waals surface area (Å²) in [5.74, 6) is 1.80. The molecule has 2 aromatic heterocycles. The number of rotatable bonds is 8. The maximum atomic E-state index is 6.77. The Balaban J connectivity index is 1.16. The normalized spacial score (nSPS) is 11.3. The summed E-state index contributed by atoms with van der Waals surface area (Å²) in [4.78, 5) is 15.6. The van der Waals surface area contributed by atoms with Gasteiger partial charge in [0, 0.05) is 33.0 Å². The summed E-state index contributed by atoms with van der Waals surface area (Å²) in [5, 5.41) is 2.15. The van der Waals surface area contributed by atoms with Crippen LogP contribution in [0.2, 0.25) is 0 Å². The lowest BCUT2D eigenvalue weighted by Crippen LogP contribution is -2.01. The van der Waals surface area contributed by atoms with E-state index in [4.69, 9.17) is 19.4 Å². The van der Waals surface area contributed by atoms with Crippen molar-refractivity contribution in [2.75, 3.05) is 0 Å². The maximum Gasteiger partial charge on any atom is 0.164 e. The first-order valence-electron chi connectivity index (χ1n) is 20.5. The molecule has 0 unspecified atom stereocenters. The fraction of sp³-hybridized carbons (Fsp3) is 0. The van der Waals surface area contributed by atoms with Crippen molar-refractivity contribution in [1.29, 1.82) is 0 Å². The molecule has 9 aromatic carbocycles. The van der Waals surface area contributed by atoms with E-state index < -0.39 is 0 Å². The lowest BCUT2D eigenvalue weighted by molar-refractivity contribution is 0.670. The lowest BCUT2D eigenvalue weighted by Gasteiger charge is -2.17. The average molecular weight is 780 g/mol. The van der Waals surface area contributed by atoms with Crippen LogP contribution in [-0.4, -0.2) is 15.0 Å². The number of nitrogens with zero attached hydrogens (tertiary/aromatic N) is 3. The third-order valence-corrected chi connectivity index (χ3v) is 11.4. The van der Waals surface area contributed by atoms with Gasteiger partial charge < -0.3 is 4.42 Å². The van der Waals surface area contributed by atoms with Crippen LogP contribution in [0.5, 0.6) is 0 Å². The van der Waals surface area contributed by atoms with Gasteiger partial charge in [-0.2, -0.15) is 0 Å². The monoisotopic (exact) mass is 779 g/mol. The number of hydrogen-bond donors (Lipinski definition) is 0. The summed E-state index contributed by atoms with van der Waals surface area (Å²) in [5.41, 5.74) is 15.3. The van der Waals surface area contributed by atoms with Crippen LogP contribution in [0.25, 0.3) is 112 Å². The highest BCUT2D eigenvalue weighted by atomic mass is 16.3. The first-order chi connectivity index (χ1) is 30.2. The van der Waals surface area contributed by atoms with Crippen LogP contribution in [-0.2, 0) is 0 Å². The molecule has 0 aliphatic heterocycles. The van der Waals surface area contributed by atoms with Crippen molar-refractivity contribution < 1.29 is 4.42 Å².